The number of hydrogen-bond donors (Lipinski definition) is 2. The van der Waals surface area contributed by atoms with Crippen molar-refractivity contribution >= 4 is 17.6 Å². The van der Waals surface area contributed by atoms with Gasteiger partial charge in [-0.2, -0.15) is 0 Å². The van der Waals surface area contributed by atoms with Crippen LogP contribution in [0.2, 0.25) is 0 Å². The van der Waals surface area contributed by atoms with E-state index in [1.165, 1.54) is 6.92 Å². The molecule has 0 aromatic heterocycles. The van der Waals surface area contributed by atoms with E-state index in [4.69, 9.17) is 9.84 Å². The van der Waals surface area contributed by atoms with E-state index in [1.807, 2.05) is 18.2 Å². The molecule has 5 nitrogen and oxygen atoms in total. The number of carboxylic acid groups (broad SMARTS) is 1. The molecule has 0 saturated carbocycles. The van der Waals surface area contributed by atoms with Crippen molar-refractivity contribution in [3.8, 4) is 11.5 Å². The molecule has 1 amide bonds. The van der Waals surface area contributed by atoms with Crippen LogP contribution in [0.25, 0.3) is 0 Å². The molecule has 0 atom stereocenters. The third-order valence-electron chi connectivity index (χ3n) is 2.80. The second-order valence-electron chi connectivity index (χ2n) is 4.53. The Bertz CT molecular complexity index is 708. The van der Waals surface area contributed by atoms with E-state index < -0.39 is 11.9 Å². The van der Waals surface area contributed by atoms with Crippen molar-refractivity contribution in [2.45, 2.75) is 6.92 Å². The number of para-hydroxylation sites is 3. The van der Waals surface area contributed by atoms with Crippen LogP contribution in [0, 0.1) is 0 Å². The quantitative estimate of drug-likeness (QED) is 0.829. The lowest BCUT2D eigenvalue weighted by Gasteiger charge is -2.12. The summed E-state index contributed by atoms with van der Waals surface area (Å²) in [7, 11) is 0. The largest absolute Gasteiger partial charge is 0.478 e. The van der Waals surface area contributed by atoms with E-state index >= 15 is 0 Å². The van der Waals surface area contributed by atoms with Gasteiger partial charge in [-0.1, -0.05) is 30.3 Å². The zero-order valence-electron chi connectivity index (χ0n) is 11.9. The van der Waals surface area contributed by atoms with Gasteiger partial charge in [0.15, 0.2) is 5.75 Å². The monoisotopic (exact) mass is 297 g/mol. The molecule has 0 saturated heterocycles. The van der Waals surface area contributed by atoms with E-state index in [9.17, 15) is 9.59 Å². The summed E-state index contributed by atoms with van der Waals surface area (Å²) >= 11 is 0. The van der Waals surface area contributed by atoms with Gasteiger partial charge in [-0.25, -0.2) is 4.79 Å². The minimum absolute atomic E-state index is 0.0991. The van der Waals surface area contributed by atoms with Crippen LogP contribution in [-0.4, -0.2) is 17.0 Å². The van der Waals surface area contributed by atoms with Crippen molar-refractivity contribution < 1.29 is 19.4 Å². The molecule has 2 aromatic carbocycles. The molecule has 0 bridgehead atoms. The minimum atomic E-state index is -1.17. The van der Waals surface area contributed by atoms with Crippen molar-refractivity contribution in [2.75, 3.05) is 5.32 Å². The number of carboxylic acids is 1. The lowest BCUT2D eigenvalue weighted by Crippen LogP contribution is -2.14. The predicted octanol–water partition coefficient (Wildman–Crippen LogP) is 3.45. The predicted molar refractivity (Wildman–Crippen MR) is 83.0 cm³/mol. The number of anilines is 1. The second-order valence-corrected chi connectivity index (χ2v) is 4.53. The van der Waals surface area contributed by atoms with Crippen molar-refractivity contribution in [1.82, 2.24) is 0 Å². The summed E-state index contributed by atoms with van der Waals surface area (Å²) in [6, 6.07) is 16.1. The summed E-state index contributed by atoms with van der Waals surface area (Å²) in [4.78, 5) is 22.5. The first-order valence-electron chi connectivity index (χ1n) is 6.61. The van der Waals surface area contributed by atoms with Crippen LogP contribution in [0.15, 0.2) is 66.2 Å². The van der Waals surface area contributed by atoms with Gasteiger partial charge in [0.1, 0.15) is 5.75 Å². The number of carbonyl (C=O) groups is 2. The molecular formula is C17H15NO4. The van der Waals surface area contributed by atoms with Gasteiger partial charge in [0, 0.05) is 11.6 Å². The van der Waals surface area contributed by atoms with Gasteiger partial charge in [0.2, 0.25) is 0 Å². The highest BCUT2D eigenvalue weighted by Crippen LogP contribution is 2.29. The molecule has 0 fully saturated rings. The highest BCUT2D eigenvalue weighted by molar-refractivity contribution is 6.06. The third-order valence-corrected chi connectivity index (χ3v) is 2.80. The van der Waals surface area contributed by atoms with Crippen molar-refractivity contribution in [3.63, 3.8) is 0 Å². The molecule has 22 heavy (non-hydrogen) atoms. The Morgan fingerprint density at radius 3 is 2.36 bits per heavy atom. The average molecular weight is 297 g/mol. The van der Waals surface area contributed by atoms with Gasteiger partial charge >= 0.3 is 5.97 Å². The number of ether oxygens (including phenoxy) is 1. The first-order valence-corrected chi connectivity index (χ1v) is 6.61. The van der Waals surface area contributed by atoms with Crippen LogP contribution in [-0.2, 0) is 9.59 Å². The molecule has 0 unspecified atom stereocenters. The first kappa shape index (κ1) is 15.3. The lowest BCUT2D eigenvalue weighted by molar-refractivity contribution is -0.131. The second kappa shape index (κ2) is 7.08. The summed E-state index contributed by atoms with van der Waals surface area (Å²) < 4.78 is 5.72. The van der Waals surface area contributed by atoms with Gasteiger partial charge in [0.05, 0.1) is 5.69 Å². The van der Waals surface area contributed by atoms with Gasteiger partial charge in [-0.05, 0) is 31.2 Å². The van der Waals surface area contributed by atoms with Crippen molar-refractivity contribution in [1.29, 1.82) is 0 Å². The zero-order valence-corrected chi connectivity index (χ0v) is 11.9. The molecule has 0 radical (unpaired) electrons. The number of benzene rings is 2. The van der Waals surface area contributed by atoms with Crippen molar-refractivity contribution in [2.24, 2.45) is 0 Å². The number of hydrogen-bond acceptors (Lipinski definition) is 3. The summed E-state index contributed by atoms with van der Waals surface area (Å²) in [6.07, 6.45) is 0.857. The van der Waals surface area contributed by atoms with Crippen LogP contribution >= 0.6 is 0 Å². The van der Waals surface area contributed by atoms with E-state index in [0.29, 0.717) is 17.2 Å². The first-order chi connectivity index (χ1) is 10.6. The molecule has 0 heterocycles. The van der Waals surface area contributed by atoms with Gasteiger partial charge in [0.25, 0.3) is 5.91 Å². The number of nitrogens with one attached hydrogen (secondary N) is 1. The van der Waals surface area contributed by atoms with E-state index in [0.717, 1.165) is 6.08 Å². The van der Waals surface area contributed by atoms with Gasteiger partial charge in [-0.15, -0.1) is 0 Å². The molecule has 0 aliphatic heterocycles. The molecule has 0 aliphatic carbocycles. The number of aliphatic carboxylic acids is 1. The summed E-state index contributed by atoms with van der Waals surface area (Å²) in [5, 5.41) is 11.3. The van der Waals surface area contributed by atoms with Crippen LogP contribution in [0.1, 0.15) is 6.92 Å². The fourth-order valence-electron chi connectivity index (χ4n) is 1.75. The van der Waals surface area contributed by atoms with Crippen LogP contribution in [0.5, 0.6) is 11.5 Å². The van der Waals surface area contributed by atoms with Gasteiger partial charge < -0.3 is 15.2 Å². The molecular weight excluding hydrogens is 282 g/mol. The average Bonchev–Trinajstić information content (AvgIpc) is 2.49. The molecule has 2 aromatic rings. The minimum Gasteiger partial charge on any atom is -0.478 e. The lowest BCUT2D eigenvalue weighted by atomic mass is 10.2. The Kier molecular flexibility index (Phi) is 4.93. The maximum atomic E-state index is 12.0. The topological polar surface area (TPSA) is 75.6 Å². The summed E-state index contributed by atoms with van der Waals surface area (Å²) in [5.41, 5.74) is 0.566. The van der Waals surface area contributed by atoms with E-state index in [2.05, 4.69) is 5.32 Å². The smallest absolute Gasteiger partial charge is 0.328 e. The third kappa shape index (κ3) is 4.21. The Morgan fingerprint density at radius 1 is 1.05 bits per heavy atom. The number of carbonyl (C=O) groups excluding carboxylic acids is 1. The fourth-order valence-corrected chi connectivity index (χ4v) is 1.75. The Labute approximate surface area is 127 Å². The maximum Gasteiger partial charge on any atom is 0.328 e. The Balaban J connectivity index is 2.18. The normalized spacial score (nSPS) is 10.9. The highest BCUT2D eigenvalue weighted by atomic mass is 16.5. The number of amides is 1. The molecule has 0 spiro atoms. The van der Waals surface area contributed by atoms with Crippen LogP contribution in [0.4, 0.5) is 5.69 Å². The van der Waals surface area contributed by atoms with Crippen LogP contribution in [0.3, 0.4) is 0 Å². The molecule has 0 aliphatic rings. The molecule has 2 rings (SSSR count). The Hall–Kier alpha value is -3.08. The molecule has 5 heteroatoms. The summed E-state index contributed by atoms with van der Waals surface area (Å²) in [6.45, 7) is 1.43. The zero-order chi connectivity index (χ0) is 15.9. The molecule has 112 valence electrons. The summed E-state index contributed by atoms with van der Waals surface area (Å²) in [5.74, 6) is -0.542. The van der Waals surface area contributed by atoms with Crippen molar-refractivity contribution in [3.05, 3.63) is 66.2 Å². The van der Waals surface area contributed by atoms with Gasteiger partial charge in [-0.3, -0.25) is 4.79 Å². The van der Waals surface area contributed by atoms with E-state index in [-0.39, 0.29) is 5.57 Å². The SMILES string of the molecule is C/C(=C/C(=O)O)C(=O)Nc1ccccc1Oc1ccccc1. The standard InChI is InChI=1S/C17H15NO4/c1-12(11-16(19)20)17(21)18-14-9-5-6-10-15(14)22-13-7-3-2-4-8-13/h2-11H,1H3,(H,18,21)(H,19,20)/b12-11-. The van der Waals surface area contributed by atoms with Crippen LogP contribution < -0.4 is 10.1 Å². The maximum absolute atomic E-state index is 12.0. The Morgan fingerprint density at radius 2 is 1.68 bits per heavy atom. The highest BCUT2D eigenvalue weighted by Gasteiger charge is 2.10. The van der Waals surface area contributed by atoms with E-state index in [1.54, 1.807) is 36.4 Å². The molecule has 2 N–H and O–H groups in total. The number of rotatable bonds is 5. The fraction of sp³-hybridized carbons (Fsp3) is 0.0588.